The van der Waals surface area contributed by atoms with Gasteiger partial charge in [0.2, 0.25) is 0 Å². The fourth-order valence-corrected chi connectivity index (χ4v) is 3.80. The largest absolute Gasteiger partial charge is 0.493 e. The molecule has 2 N–H and O–H groups in total. The second-order valence-corrected chi connectivity index (χ2v) is 6.60. The van der Waals surface area contributed by atoms with Crippen LogP contribution in [0.4, 0.5) is 0 Å². The lowest BCUT2D eigenvalue weighted by atomic mass is 9.65. The summed E-state index contributed by atoms with van der Waals surface area (Å²) < 4.78 is 7.41. The SMILES string of the molecule is COc1cnn(C)c1C(C)(C)C1CCC(C)CC1N. The van der Waals surface area contributed by atoms with Crippen LogP contribution in [0.2, 0.25) is 0 Å². The normalized spacial score (nSPS) is 28.4. The Hall–Kier alpha value is -1.03. The van der Waals surface area contributed by atoms with E-state index in [4.69, 9.17) is 10.5 Å². The van der Waals surface area contributed by atoms with Gasteiger partial charge in [-0.3, -0.25) is 4.68 Å². The van der Waals surface area contributed by atoms with Crippen LogP contribution in [0.3, 0.4) is 0 Å². The molecule has 1 saturated carbocycles. The summed E-state index contributed by atoms with van der Waals surface area (Å²) in [5, 5.41) is 4.34. The average molecular weight is 265 g/mol. The van der Waals surface area contributed by atoms with Gasteiger partial charge in [0.05, 0.1) is 19.0 Å². The van der Waals surface area contributed by atoms with E-state index in [2.05, 4.69) is 25.9 Å². The van der Waals surface area contributed by atoms with Gasteiger partial charge in [-0.25, -0.2) is 0 Å². The van der Waals surface area contributed by atoms with Crippen LogP contribution >= 0.6 is 0 Å². The van der Waals surface area contributed by atoms with E-state index in [0.29, 0.717) is 5.92 Å². The van der Waals surface area contributed by atoms with Gasteiger partial charge in [0.1, 0.15) is 0 Å². The van der Waals surface area contributed by atoms with Crippen LogP contribution in [-0.2, 0) is 12.5 Å². The molecule has 1 aromatic rings. The zero-order valence-electron chi connectivity index (χ0n) is 12.8. The van der Waals surface area contributed by atoms with E-state index in [9.17, 15) is 0 Å². The Bertz CT molecular complexity index is 439. The second kappa shape index (κ2) is 5.16. The number of rotatable bonds is 3. The Morgan fingerprint density at radius 3 is 2.68 bits per heavy atom. The van der Waals surface area contributed by atoms with Crippen LogP contribution in [0.25, 0.3) is 0 Å². The van der Waals surface area contributed by atoms with Gasteiger partial charge in [-0.1, -0.05) is 27.2 Å². The molecule has 0 radical (unpaired) electrons. The summed E-state index contributed by atoms with van der Waals surface area (Å²) in [5.41, 5.74) is 7.57. The molecule has 0 aliphatic heterocycles. The maximum atomic E-state index is 6.43. The fourth-order valence-electron chi connectivity index (χ4n) is 3.80. The Balaban J connectivity index is 2.33. The van der Waals surface area contributed by atoms with E-state index in [0.717, 1.165) is 23.8 Å². The molecule has 0 spiro atoms. The predicted molar refractivity (Wildman–Crippen MR) is 77.3 cm³/mol. The third kappa shape index (κ3) is 2.50. The lowest BCUT2D eigenvalue weighted by Crippen LogP contribution is -2.46. The molecule has 3 atom stereocenters. The molecule has 4 heteroatoms. The lowest BCUT2D eigenvalue weighted by molar-refractivity contribution is 0.162. The molecule has 1 aromatic heterocycles. The number of aromatic nitrogens is 2. The molecule has 1 heterocycles. The minimum absolute atomic E-state index is 0.0177. The number of methoxy groups -OCH3 is 1. The van der Waals surface area contributed by atoms with Gasteiger partial charge < -0.3 is 10.5 Å². The third-order valence-corrected chi connectivity index (χ3v) is 4.82. The first-order chi connectivity index (χ1) is 8.87. The first kappa shape index (κ1) is 14.4. The lowest BCUT2D eigenvalue weighted by Gasteiger charge is -2.42. The highest BCUT2D eigenvalue weighted by atomic mass is 16.5. The van der Waals surface area contributed by atoms with Gasteiger partial charge in [-0.2, -0.15) is 5.10 Å². The number of ether oxygens (including phenoxy) is 1. The van der Waals surface area contributed by atoms with Crippen LogP contribution < -0.4 is 10.5 Å². The summed E-state index contributed by atoms with van der Waals surface area (Å²) in [5.74, 6) is 2.10. The Kier molecular flexibility index (Phi) is 3.90. The maximum Gasteiger partial charge on any atom is 0.160 e. The quantitative estimate of drug-likeness (QED) is 0.913. The summed E-state index contributed by atoms with van der Waals surface area (Å²) in [6.45, 7) is 6.84. The van der Waals surface area contributed by atoms with Crippen LogP contribution in [0.1, 0.15) is 45.7 Å². The van der Waals surface area contributed by atoms with Gasteiger partial charge in [0.25, 0.3) is 0 Å². The minimum Gasteiger partial charge on any atom is -0.493 e. The number of hydrogen-bond donors (Lipinski definition) is 1. The first-order valence-corrected chi connectivity index (χ1v) is 7.20. The van der Waals surface area contributed by atoms with E-state index in [-0.39, 0.29) is 11.5 Å². The van der Waals surface area contributed by atoms with Crippen molar-refractivity contribution in [3.63, 3.8) is 0 Å². The van der Waals surface area contributed by atoms with Gasteiger partial charge in [-0.05, 0) is 24.7 Å². The number of nitrogens with zero attached hydrogens (tertiary/aromatic N) is 2. The Labute approximate surface area is 116 Å². The van der Waals surface area contributed by atoms with E-state index < -0.39 is 0 Å². The van der Waals surface area contributed by atoms with Crippen molar-refractivity contribution in [3.8, 4) is 5.75 Å². The molecule has 0 amide bonds. The van der Waals surface area contributed by atoms with Crippen LogP contribution in [-0.4, -0.2) is 22.9 Å². The second-order valence-electron chi connectivity index (χ2n) is 6.60. The molecule has 1 aliphatic carbocycles. The highest BCUT2D eigenvalue weighted by molar-refractivity contribution is 5.33. The van der Waals surface area contributed by atoms with Gasteiger partial charge in [-0.15, -0.1) is 0 Å². The summed E-state index contributed by atoms with van der Waals surface area (Å²) in [7, 11) is 3.69. The molecule has 19 heavy (non-hydrogen) atoms. The van der Waals surface area contributed by atoms with Crippen LogP contribution in [0, 0.1) is 11.8 Å². The zero-order valence-corrected chi connectivity index (χ0v) is 12.8. The number of hydrogen-bond acceptors (Lipinski definition) is 3. The monoisotopic (exact) mass is 265 g/mol. The van der Waals surface area contributed by atoms with Crippen molar-refractivity contribution < 1.29 is 4.74 Å². The van der Waals surface area contributed by atoms with Gasteiger partial charge in [0.15, 0.2) is 5.75 Å². The third-order valence-electron chi connectivity index (χ3n) is 4.82. The molecule has 1 fully saturated rings. The smallest absolute Gasteiger partial charge is 0.160 e. The highest BCUT2D eigenvalue weighted by Gasteiger charge is 2.41. The summed E-state index contributed by atoms with van der Waals surface area (Å²) in [6.07, 6.45) is 5.37. The minimum atomic E-state index is -0.0177. The topological polar surface area (TPSA) is 53.1 Å². The van der Waals surface area contributed by atoms with Gasteiger partial charge >= 0.3 is 0 Å². The summed E-state index contributed by atoms with van der Waals surface area (Å²) in [4.78, 5) is 0. The average Bonchev–Trinajstić information content (AvgIpc) is 2.70. The van der Waals surface area contributed by atoms with Crippen molar-refractivity contribution in [1.29, 1.82) is 0 Å². The predicted octanol–water partition coefficient (Wildman–Crippen LogP) is 2.47. The van der Waals surface area contributed by atoms with Crippen molar-refractivity contribution in [2.45, 2.75) is 51.5 Å². The molecule has 108 valence electrons. The number of aryl methyl sites for hydroxylation is 1. The van der Waals surface area contributed by atoms with Gasteiger partial charge in [0, 0.05) is 18.5 Å². The summed E-state index contributed by atoms with van der Waals surface area (Å²) in [6, 6.07) is 0.262. The fraction of sp³-hybridized carbons (Fsp3) is 0.800. The first-order valence-electron chi connectivity index (χ1n) is 7.20. The molecule has 4 nitrogen and oxygen atoms in total. The zero-order chi connectivity index (χ0) is 14.2. The maximum absolute atomic E-state index is 6.43. The van der Waals surface area contributed by atoms with Crippen LogP contribution in [0.5, 0.6) is 5.75 Å². The molecule has 2 rings (SSSR count). The highest BCUT2D eigenvalue weighted by Crippen LogP contribution is 2.44. The van der Waals surface area contributed by atoms with Crippen molar-refractivity contribution in [2.75, 3.05) is 7.11 Å². The van der Waals surface area contributed by atoms with E-state index >= 15 is 0 Å². The van der Waals surface area contributed by atoms with Crippen LogP contribution in [0.15, 0.2) is 6.20 Å². The van der Waals surface area contributed by atoms with Crippen molar-refractivity contribution >= 4 is 0 Å². The molecule has 1 aliphatic rings. The molecule has 3 unspecified atom stereocenters. The summed E-state index contributed by atoms with van der Waals surface area (Å²) >= 11 is 0. The Morgan fingerprint density at radius 2 is 2.11 bits per heavy atom. The molecule has 0 bridgehead atoms. The van der Waals surface area contributed by atoms with E-state index in [1.165, 1.54) is 12.8 Å². The standard InChI is InChI=1S/C15H27N3O/c1-10-6-7-11(12(16)8-10)15(2,3)14-13(19-5)9-17-18(14)4/h9-12H,6-8,16H2,1-5H3. The molecule has 0 aromatic carbocycles. The number of nitrogens with two attached hydrogens (primary N) is 1. The molecular weight excluding hydrogens is 238 g/mol. The van der Waals surface area contributed by atoms with Crippen molar-refractivity contribution in [2.24, 2.45) is 24.6 Å². The van der Waals surface area contributed by atoms with Crippen molar-refractivity contribution in [1.82, 2.24) is 9.78 Å². The van der Waals surface area contributed by atoms with E-state index in [1.54, 1.807) is 13.3 Å². The van der Waals surface area contributed by atoms with E-state index in [1.807, 2.05) is 11.7 Å². The Morgan fingerprint density at radius 1 is 1.42 bits per heavy atom. The molecule has 0 saturated heterocycles. The molecular formula is C15H27N3O. The van der Waals surface area contributed by atoms with Crippen molar-refractivity contribution in [3.05, 3.63) is 11.9 Å².